The van der Waals surface area contributed by atoms with Gasteiger partial charge in [0.1, 0.15) is 22.9 Å². The second-order valence-electron chi connectivity index (χ2n) is 7.61. The van der Waals surface area contributed by atoms with Crippen LogP contribution < -0.4 is 11.1 Å². The molecule has 1 aromatic carbocycles. The molecule has 9 nitrogen and oxygen atoms in total. The highest BCUT2D eigenvalue weighted by atomic mass is 19.1. The van der Waals surface area contributed by atoms with Crippen molar-refractivity contribution in [1.82, 2.24) is 9.88 Å². The Morgan fingerprint density at radius 1 is 1.28 bits per heavy atom. The first-order valence-corrected chi connectivity index (χ1v) is 9.68. The smallest absolute Gasteiger partial charge is 0.296 e. The molecule has 3 N–H and O–H groups in total. The molecule has 2 atom stereocenters. The summed E-state index contributed by atoms with van der Waals surface area (Å²) < 4.78 is 33.6. The second-order valence-corrected chi connectivity index (χ2v) is 7.61. The number of likely N-dealkylation sites (N-methyl/N-ethyl adjacent to an activating group) is 1. The normalized spacial score (nSPS) is 23.3. The highest BCUT2D eigenvalue weighted by molar-refractivity contribution is 6.38. The predicted molar refractivity (Wildman–Crippen MR) is 109 cm³/mol. The van der Waals surface area contributed by atoms with Crippen LogP contribution in [0.4, 0.5) is 14.5 Å². The number of carbonyl (C=O) groups is 3. The first-order valence-electron chi connectivity index (χ1n) is 9.68. The molecule has 2 amide bonds. The lowest BCUT2D eigenvalue weighted by atomic mass is 9.77. The summed E-state index contributed by atoms with van der Waals surface area (Å²) in [7, 11) is 1.31. The standard InChI is InChI=1S/C21H19F2N5O4/c1-28-19(31)17(29)6-11-9-32-10-21(11,27-20(28)24)14-7-13(3-4-15(14)23)26-18(30)16-5-2-12(22)8-25-16/h2-5,7-8,11H,6,9-10H2,1H3,(H2,24,27)(H,26,30). The molecule has 3 heterocycles. The Kier molecular flexibility index (Phi) is 5.43. The number of guanidine groups is 1. The van der Waals surface area contributed by atoms with Crippen LogP contribution >= 0.6 is 0 Å². The summed E-state index contributed by atoms with van der Waals surface area (Å²) in [6.07, 6.45) is 0.709. The third kappa shape index (κ3) is 3.71. The Hall–Kier alpha value is -3.73. The van der Waals surface area contributed by atoms with Gasteiger partial charge >= 0.3 is 0 Å². The maximum atomic E-state index is 15.0. The number of aliphatic imine (C=N–C) groups is 1. The van der Waals surface area contributed by atoms with Gasteiger partial charge in [0, 0.05) is 30.6 Å². The van der Waals surface area contributed by atoms with Gasteiger partial charge in [-0.1, -0.05) is 0 Å². The molecule has 4 rings (SSSR count). The van der Waals surface area contributed by atoms with Crippen LogP contribution in [0.15, 0.2) is 41.5 Å². The SMILES string of the molecule is CN1C(=O)C(=O)CC2COCC2(c2cc(NC(=O)c3ccc(F)cn3)ccc2F)N=C1N. The van der Waals surface area contributed by atoms with Crippen LogP contribution in [0.25, 0.3) is 0 Å². The molecule has 0 aliphatic carbocycles. The molecule has 0 bridgehead atoms. The highest BCUT2D eigenvalue weighted by Gasteiger charge is 2.50. The van der Waals surface area contributed by atoms with Gasteiger partial charge in [-0.2, -0.15) is 0 Å². The van der Waals surface area contributed by atoms with Gasteiger partial charge < -0.3 is 15.8 Å². The van der Waals surface area contributed by atoms with Crippen molar-refractivity contribution in [2.24, 2.45) is 16.6 Å². The number of nitrogens with two attached hydrogens (primary N) is 1. The molecule has 1 aromatic heterocycles. The number of nitrogens with zero attached hydrogens (tertiary/aromatic N) is 3. The summed E-state index contributed by atoms with van der Waals surface area (Å²) >= 11 is 0. The van der Waals surface area contributed by atoms with E-state index in [4.69, 9.17) is 10.5 Å². The zero-order valence-corrected chi connectivity index (χ0v) is 17.0. The second kappa shape index (κ2) is 8.08. The number of hydrogen-bond donors (Lipinski definition) is 2. The predicted octanol–water partition coefficient (Wildman–Crippen LogP) is 1.20. The summed E-state index contributed by atoms with van der Waals surface area (Å²) in [6.45, 7) is 0.0105. The van der Waals surface area contributed by atoms with Gasteiger partial charge in [0.25, 0.3) is 11.8 Å². The number of halogens is 2. The van der Waals surface area contributed by atoms with E-state index in [1.165, 1.54) is 25.2 Å². The minimum Gasteiger partial charge on any atom is -0.378 e. The van der Waals surface area contributed by atoms with E-state index in [1.54, 1.807) is 0 Å². The van der Waals surface area contributed by atoms with Crippen LogP contribution in [0.3, 0.4) is 0 Å². The first kappa shape index (κ1) is 21.5. The van der Waals surface area contributed by atoms with E-state index < -0.39 is 40.7 Å². The van der Waals surface area contributed by atoms with Crippen molar-refractivity contribution < 1.29 is 27.9 Å². The fourth-order valence-electron chi connectivity index (χ4n) is 3.84. The number of carbonyl (C=O) groups excluding carboxylic acids is 3. The maximum absolute atomic E-state index is 15.0. The van der Waals surface area contributed by atoms with E-state index in [1.807, 2.05) is 0 Å². The molecule has 2 unspecified atom stereocenters. The van der Waals surface area contributed by atoms with Crippen LogP contribution in [-0.4, -0.2) is 53.7 Å². The number of nitrogens with one attached hydrogen (secondary N) is 1. The average Bonchev–Trinajstić information content (AvgIpc) is 3.16. The average molecular weight is 443 g/mol. The van der Waals surface area contributed by atoms with Gasteiger partial charge in [-0.15, -0.1) is 0 Å². The van der Waals surface area contributed by atoms with Crippen molar-refractivity contribution in [1.29, 1.82) is 0 Å². The number of pyridine rings is 1. The van der Waals surface area contributed by atoms with Gasteiger partial charge in [0.2, 0.25) is 5.78 Å². The fraction of sp³-hybridized carbons (Fsp3) is 0.286. The molecule has 0 spiro atoms. The van der Waals surface area contributed by atoms with Gasteiger partial charge in [0.15, 0.2) is 5.96 Å². The fourth-order valence-corrected chi connectivity index (χ4v) is 3.84. The number of rotatable bonds is 3. The molecular formula is C21H19F2N5O4. The molecule has 1 fully saturated rings. The van der Waals surface area contributed by atoms with E-state index in [9.17, 15) is 18.8 Å². The van der Waals surface area contributed by atoms with Gasteiger partial charge in [-0.05, 0) is 30.3 Å². The summed E-state index contributed by atoms with van der Waals surface area (Å²) in [4.78, 5) is 46.1. The molecule has 0 radical (unpaired) electrons. The van der Waals surface area contributed by atoms with Gasteiger partial charge in [0.05, 0.1) is 19.4 Å². The highest BCUT2D eigenvalue weighted by Crippen LogP contribution is 2.44. The molecule has 0 saturated carbocycles. The number of hydrogen-bond acceptors (Lipinski definition) is 7. The van der Waals surface area contributed by atoms with Crippen LogP contribution in [-0.2, 0) is 19.9 Å². The molecule has 32 heavy (non-hydrogen) atoms. The summed E-state index contributed by atoms with van der Waals surface area (Å²) in [5.41, 5.74) is 4.84. The van der Waals surface area contributed by atoms with Crippen LogP contribution in [0.5, 0.6) is 0 Å². The maximum Gasteiger partial charge on any atom is 0.296 e. The van der Waals surface area contributed by atoms with E-state index in [-0.39, 0.29) is 42.5 Å². The third-order valence-corrected chi connectivity index (χ3v) is 5.60. The first-order chi connectivity index (χ1) is 15.2. The minimum atomic E-state index is -1.37. The summed E-state index contributed by atoms with van der Waals surface area (Å²) in [6, 6.07) is 6.18. The zero-order valence-electron chi connectivity index (χ0n) is 17.0. The minimum absolute atomic E-state index is 0.0310. The molecule has 11 heteroatoms. The number of ether oxygens (including phenoxy) is 1. The summed E-state index contributed by atoms with van der Waals surface area (Å²) in [5, 5.41) is 2.58. The zero-order chi connectivity index (χ0) is 23.0. The van der Waals surface area contributed by atoms with E-state index in [0.717, 1.165) is 23.2 Å². The third-order valence-electron chi connectivity index (χ3n) is 5.60. The van der Waals surface area contributed by atoms with Crippen LogP contribution in [0, 0.1) is 17.6 Å². The Bertz CT molecular complexity index is 1140. The van der Waals surface area contributed by atoms with Gasteiger partial charge in [-0.3, -0.25) is 19.3 Å². The quantitative estimate of drug-likeness (QED) is 0.687. The molecule has 2 aliphatic heterocycles. The molecular weight excluding hydrogens is 424 g/mol. The van der Waals surface area contributed by atoms with E-state index in [2.05, 4.69) is 15.3 Å². The molecule has 1 saturated heterocycles. The van der Waals surface area contributed by atoms with Crippen LogP contribution in [0.2, 0.25) is 0 Å². The number of ketones is 1. The van der Waals surface area contributed by atoms with Crippen molar-refractivity contribution in [3.63, 3.8) is 0 Å². The molecule has 2 aliphatic rings. The van der Waals surface area contributed by atoms with Crippen molar-refractivity contribution in [3.8, 4) is 0 Å². The Balaban J connectivity index is 1.74. The van der Waals surface area contributed by atoms with Crippen LogP contribution in [0.1, 0.15) is 22.5 Å². The summed E-state index contributed by atoms with van der Waals surface area (Å²) in [5.74, 6) is -4.22. The monoisotopic (exact) mass is 443 g/mol. The van der Waals surface area contributed by atoms with Gasteiger partial charge in [-0.25, -0.2) is 18.8 Å². The lowest BCUT2D eigenvalue weighted by Crippen LogP contribution is -2.49. The lowest BCUT2D eigenvalue weighted by Gasteiger charge is -2.34. The number of benzene rings is 1. The molecule has 2 aromatic rings. The Morgan fingerprint density at radius 2 is 2.06 bits per heavy atom. The van der Waals surface area contributed by atoms with E-state index >= 15 is 4.39 Å². The van der Waals surface area contributed by atoms with Crippen molar-refractivity contribution in [2.75, 3.05) is 25.6 Å². The largest absolute Gasteiger partial charge is 0.378 e. The van der Waals surface area contributed by atoms with E-state index in [0.29, 0.717) is 0 Å². The van der Waals surface area contributed by atoms with Crippen molar-refractivity contribution in [3.05, 3.63) is 59.4 Å². The van der Waals surface area contributed by atoms with Crippen molar-refractivity contribution in [2.45, 2.75) is 12.0 Å². The Labute approximate surface area is 181 Å². The Morgan fingerprint density at radius 3 is 2.78 bits per heavy atom. The number of aromatic nitrogens is 1. The molecule has 166 valence electrons. The number of amides is 2. The number of fused-ring (bicyclic) bond motifs is 1. The topological polar surface area (TPSA) is 127 Å². The number of Topliss-reactive ketones (excluding diaryl/α,β-unsaturated/α-hetero) is 1. The lowest BCUT2D eigenvalue weighted by molar-refractivity contribution is -0.142. The van der Waals surface area contributed by atoms with Crippen molar-refractivity contribution >= 4 is 29.2 Å². The number of anilines is 1.